The van der Waals surface area contributed by atoms with Gasteiger partial charge in [0.05, 0.1) is 7.11 Å². The van der Waals surface area contributed by atoms with E-state index in [0.29, 0.717) is 5.92 Å². The topological polar surface area (TPSA) is 47.3 Å². The van der Waals surface area contributed by atoms with Crippen LogP contribution >= 0.6 is 0 Å². The third-order valence-electron chi connectivity index (χ3n) is 3.53. The first kappa shape index (κ1) is 14.8. The Bertz CT molecular complexity index is 402. The van der Waals surface area contributed by atoms with Crippen LogP contribution in [0.5, 0.6) is 5.75 Å². The standard InChI is InChI=1S/C15H26N2O/c1-10(6-7-16)9-17-14-8-11(2)15(18-5)13(4)12(14)3/h8,10,17H,6-7,9,16H2,1-5H3. The molecule has 0 amide bonds. The molecule has 0 saturated heterocycles. The molecule has 0 aliphatic rings. The number of rotatable bonds is 6. The van der Waals surface area contributed by atoms with Gasteiger partial charge in [0.15, 0.2) is 0 Å². The van der Waals surface area contributed by atoms with Gasteiger partial charge in [-0.2, -0.15) is 0 Å². The fourth-order valence-electron chi connectivity index (χ4n) is 2.23. The number of hydrogen-bond acceptors (Lipinski definition) is 3. The van der Waals surface area contributed by atoms with Gasteiger partial charge in [0.2, 0.25) is 0 Å². The van der Waals surface area contributed by atoms with Gasteiger partial charge in [-0.15, -0.1) is 0 Å². The summed E-state index contributed by atoms with van der Waals surface area (Å²) in [6, 6.07) is 2.16. The van der Waals surface area contributed by atoms with Crippen LogP contribution in [0, 0.1) is 26.7 Å². The van der Waals surface area contributed by atoms with E-state index in [4.69, 9.17) is 10.5 Å². The summed E-state index contributed by atoms with van der Waals surface area (Å²) < 4.78 is 5.43. The quantitative estimate of drug-likeness (QED) is 0.816. The minimum Gasteiger partial charge on any atom is -0.496 e. The highest BCUT2D eigenvalue weighted by Crippen LogP contribution is 2.31. The summed E-state index contributed by atoms with van der Waals surface area (Å²) in [6.07, 6.45) is 1.06. The Morgan fingerprint density at radius 3 is 2.50 bits per heavy atom. The Hall–Kier alpha value is -1.22. The van der Waals surface area contributed by atoms with Gasteiger partial charge in [0.1, 0.15) is 5.75 Å². The van der Waals surface area contributed by atoms with E-state index in [-0.39, 0.29) is 0 Å². The molecule has 0 aromatic heterocycles. The molecule has 3 heteroatoms. The lowest BCUT2D eigenvalue weighted by atomic mass is 10.0. The van der Waals surface area contributed by atoms with Gasteiger partial charge in [-0.1, -0.05) is 6.92 Å². The number of hydrogen-bond donors (Lipinski definition) is 2. The van der Waals surface area contributed by atoms with E-state index in [1.165, 1.54) is 22.4 Å². The summed E-state index contributed by atoms with van der Waals surface area (Å²) in [5, 5.41) is 3.52. The predicted octanol–water partition coefficient (Wildman–Crippen LogP) is 3.02. The molecular weight excluding hydrogens is 224 g/mol. The lowest BCUT2D eigenvalue weighted by Crippen LogP contribution is -2.16. The normalized spacial score (nSPS) is 12.3. The number of methoxy groups -OCH3 is 1. The molecule has 0 heterocycles. The molecule has 102 valence electrons. The van der Waals surface area contributed by atoms with Gasteiger partial charge in [0.25, 0.3) is 0 Å². The van der Waals surface area contributed by atoms with Crippen LogP contribution in [0.3, 0.4) is 0 Å². The molecule has 0 bridgehead atoms. The molecular formula is C15H26N2O. The lowest BCUT2D eigenvalue weighted by Gasteiger charge is -2.18. The third kappa shape index (κ3) is 3.39. The van der Waals surface area contributed by atoms with Crippen LogP contribution in [0.1, 0.15) is 30.0 Å². The Labute approximate surface area is 111 Å². The summed E-state index contributed by atoms with van der Waals surface area (Å²) in [5.74, 6) is 1.59. The molecule has 0 radical (unpaired) electrons. The number of aryl methyl sites for hydroxylation is 1. The van der Waals surface area contributed by atoms with Gasteiger partial charge < -0.3 is 15.8 Å². The Kier molecular flexibility index (Phi) is 5.48. The second-order valence-corrected chi connectivity index (χ2v) is 5.09. The molecule has 18 heavy (non-hydrogen) atoms. The van der Waals surface area contributed by atoms with Crippen LogP contribution in [-0.4, -0.2) is 20.2 Å². The van der Waals surface area contributed by atoms with E-state index in [0.717, 1.165) is 25.3 Å². The number of nitrogens with one attached hydrogen (secondary N) is 1. The van der Waals surface area contributed by atoms with Gasteiger partial charge in [0, 0.05) is 12.2 Å². The molecule has 3 nitrogen and oxygen atoms in total. The minimum atomic E-state index is 0.595. The first-order chi connectivity index (χ1) is 8.51. The largest absolute Gasteiger partial charge is 0.496 e. The molecule has 0 saturated carbocycles. The van der Waals surface area contributed by atoms with Gasteiger partial charge >= 0.3 is 0 Å². The molecule has 1 rings (SSSR count). The average Bonchev–Trinajstić information content (AvgIpc) is 2.33. The molecule has 1 atom stereocenters. The zero-order valence-electron chi connectivity index (χ0n) is 12.3. The number of nitrogens with two attached hydrogens (primary N) is 1. The number of benzene rings is 1. The zero-order chi connectivity index (χ0) is 13.7. The van der Waals surface area contributed by atoms with Crippen LogP contribution in [0.15, 0.2) is 6.07 Å². The average molecular weight is 250 g/mol. The highest BCUT2D eigenvalue weighted by atomic mass is 16.5. The highest BCUT2D eigenvalue weighted by molar-refractivity contribution is 5.61. The molecule has 3 N–H and O–H groups in total. The van der Waals surface area contributed by atoms with Crippen molar-refractivity contribution in [1.82, 2.24) is 0 Å². The smallest absolute Gasteiger partial charge is 0.125 e. The van der Waals surface area contributed by atoms with Crippen molar-refractivity contribution >= 4 is 5.69 Å². The summed E-state index contributed by atoms with van der Waals surface area (Å²) in [7, 11) is 1.73. The van der Waals surface area contributed by atoms with Gasteiger partial charge in [-0.3, -0.25) is 0 Å². The fraction of sp³-hybridized carbons (Fsp3) is 0.600. The highest BCUT2D eigenvalue weighted by Gasteiger charge is 2.11. The van der Waals surface area contributed by atoms with Crippen molar-refractivity contribution < 1.29 is 4.74 Å². The molecule has 0 aliphatic carbocycles. The van der Waals surface area contributed by atoms with E-state index in [1.54, 1.807) is 7.11 Å². The number of ether oxygens (including phenoxy) is 1. The minimum absolute atomic E-state index is 0.595. The summed E-state index contributed by atoms with van der Waals surface area (Å²) >= 11 is 0. The second-order valence-electron chi connectivity index (χ2n) is 5.09. The van der Waals surface area contributed by atoms with Crippen molar-refractivity contribution in [2.75, 3.05) is 25.5 Å². The maximum absolute atomic E-state index is 5.57. The lowest BCUT2D eigenvalue weighted by molar-refractivity contribution is 0.408. The summed E-state index contributed by atoms with van der Waals surface area (Å²) in [6.45, 7) is 10.3. The van der Waals surface area contributed by atoms with Crippen LogP contribution in [-0.2, 0) is 0 Å². The molecule has 1 aromatic rings. The molecule has 0 spiro atoms. The van der Waals surface area contributed by atoms with Crippen molar-refractivity contribution in [2.45, 2.75) is 34.1 Å². The van der Waals surface area contributed by atoms with Crippen molar-refractivity contribution in [3.8, 4) is 5.75 Å². The summed E-state index contributed by atoms with van der Waals surface area (Å²) in [4.78, 5) is 0. The monoisotopic (exact) mass is 250 g/mol. The molecule has 1 unspecified atom stereocenters. The second kappa shape index (κ2) is 6.64. The van der Waals surface area contributed by atoms with E-state index in [2.05, 4.69) is 39.1 Å². The van der Waals surface area contributed by atoms with E-state index in [1.807, 2.05) is 0 Å². The SMILES string of the molecule is COc1c(C)cc(NCC(C)CCN)c(C)c1C. The van der Waals surface area contributed by atoms with E-state index in [9.17, 15) is 0 Å². The molecule has 0 aliphatic heterocycles. The van der Waals surface area contributed by atoms with Crippen molar-refractivity contribution in [3.63, 3.8) is 0 Å². The zero-order valence-corrected chi connectivity index (χ0v) is 12.3. The fourth-order valence-corrected chi connectivity index (χ4v) is 2.23. The van der Waals surface area contributed by atoms with E-state index >= 15 is 0 Å². The van der Waals surface area contributed by atoms with Gasteiger partial charge in [-0.25, -0.2) is 0 Å². The molecule has 0 fully saturated rings. The van der Waals surface area contributed by atoms with Crippen LogP contribution < -0.4 is 15.8 Å². The van der Waals surface area contributed by atoms with E-state index < -0.39 is 0 Å². The first-order valence-corrected chi connectivity index (χ1v) is 6.60. The number of anilines is 1. The van der Waals surface area contributed by atoms with Crippen molar-refractivity contribution in [2.24, 2.45) is 11.7 Å². The maximum atomic E-state index is 5.57. The third-order valence-corrected chi connectivity index (χ3v) is 3.53. The van der Waals surface area contributed by atoms with Gasteiger partial charge in [-0.05, 0) is 62.4 Å². The summed E-state index contributed by atoms with van der Waals surface area (Å²) in [5.41, 5.74) is 10.4. The Balaban J connectivity index is 2.84. The van der Waals surface area contributed by atoms with Crippen LogP contribution in [0.4, 0.5) is 5.69 Å². The molecule has 1 aromatic carbocycles. The van der Waals surface area contributed by atoms with Crippen molar-refractivity contribution in [3.05, 3.63) is 22.8 Å². The van der Waals surface area contributed by atoms with Crippen molar-refractivity contribution in [1.29, 1.82) is 0 Å². The predicted molar refractivity (Wildman–Crippen MR) is 78.5 cm³/mol. The van der Waals surface area contributed by atoms with Crippen LogP contribution in [0.25, 0.3) is 0 Å². The first-order valence-electron chi connectivity index (χ1n) is 6.60. The van der Waals surface area contributed by atoms with Crippen LogP contribution in [0.2, 0.25) is 0 Å². The maximum Gasteiger partial charge on any atom is 0.125 e. The Morgan fingerprint density at radius 1 is 1.28 bits per heavy atom. The Morgan fingerprint density at radius 2 is 1.94 bits per heavy atom.